The van der Waals surface area contributed by atoms with Crippen LogP contribution in [0.5, 0.6) is 5.75 Å². The number of fused-ring (bicyclic) bond motifs is 1. The molecule has 6 heteroatoms. The van der Waals surface area contributed by atoms with Gasteiger partial charge in [0.25, 0.3) is 0 Å². The van der Waals surface area contributed by atoms with E-state index in [0.29, 0.717) is 5.82 Å². The van der Waals surface area contributed by atoms with Gasteiger partial charge >= 0.3 is 0 Å². The lowest BCUT2D eigenvalue weighted by Gasteiger charge is -2.10. The smallest absolute Gasteiger partial charge is 0.165 e. The number of hydrogen-bond donors (Lipinski definition) is 1. The number of ether oxygens (including phenoxy) is 1. The Kier molecular flexibility index (Phi) is 4.38. The van der Waals surface area contributed by atoms with E-state index in [2.05, 4.69) is 20.3 Å². The van der Waals surface area contributed by atoms with Gasteiger partial charge in [0.15, 0.2) is 17.4 Å². The average molecular weight is 360 g/mol. The Balaban J connectivity index is 1.87. The van der Waals surface area contributed by atoms with E-state index < -0.39 is 5.82 Å². The molecule has 2 aromatic carbocycles. The molecule has 0 fully saturated rings. The Morgan fingerprint density at radius 3 is 2.48 bits per heavy atom. The van der Waals surface area contributed by atoms with Crippen molar-refractivity contribution >= 4 is 16.7 Å². The number of hydrogen-bond acceptors (Lipinski definition) is 5. The summed E-state index contributed by atoms with van der Waals surface area (Å²) < 4.78 is 19.1. The molecule has 0 saturated carbocycles. The molecule has 0 unspecified atom stereocenters. The number of pyridine rings is 1. The summed E-state index contributed by atoms with van der Waals surface area (Å²) in [7, 11) is 3.27. The van der Waals surface area contributed by atoms with Crippen molar-refractivity contribution in [2.24, 2.45) is 0 Å². The minimum absolute atomic E-state index is 0.221. The summed E-state index contributed by atoms with van der Waals surface area (Å²) in [5, 5.41) is 4.01. The van der Waals surface area contributed by atoms with Gasteiger partial charge in [0, 0.05) is 30.4 Å². The molecular weight excluding hydrogens is 343 g/mol. The third-order valence-corrected chi connectivity index (χ3v) is 4.34. The maximum absolute atomic E-state index is 14.1. The fourth-order valence-electron chi connectivity index (χ4n) is 2.97. The zero-order valence-electron chi connectivity index (χ0n) is 14.9. The van der Waals surface area contributed by atoms with Gasteiger partial charge in [-0.15, -0.1) is 0 Å². The molecule has 0 saturated heterocycles. The normalized spacial score (nSPS) is 10.8. The Morgan fingerprint density at radius 2 is 1.78 bits per heavy atom. The van der Waals surface area contributed by atoms with E-state index >= 15 is 0 Å². The first-order valence-electron chi connectivity index (χ1n) is 8.43. The number of rotatable bonds is 4. The molecule has 0 aliphatic carbocycles. The van der Waals surface area contributed by atoms with Crippen LogP contribution in [0.1, 0.15) is 0 Å². The molecule has 0 spiro atoms. The quantitative estimate of drug-likeness (QED) is 0.579. The minimum Gasteiger partial charge on any atom is -0.494 e. The molecule has 2 heterocycles. The highest BCUT2D eigenvalue weighted by atomic mass is 19.1. The maximum atomic E-state index is 14.1. The number of nitrogens with zero attached hydrogens (tertiary/aromatic N) is 3. The summed E-state index contributed by atoms with van der Waals surface area (Å²) in [6, 6.07) is 14.5. The molecule has 0 atom stereocenters. The van der Waals surface area contributed by atoms with Crippen LogP contribution in [0.4, 0.5) is 10.2 Å². The third kappa shape index (κ3) is 3.17. The zero-order valence-corrected chi connectivity index (χ0v) is 14.9. The van der Waals surface area contributed by atoms with Crippen molar-refractivity contribution in [3.63, 3.8) is 0 Å². The number of aromatic nitrogens is 3. The van der Waals surface area contributed by atoms with Gasteiger partial charge in [-0.25, -0.2) is 14.4 Å². The van der Waals surface area contributed by atoms with Crippen LogP contribution in [0.25, 0.3) is 33.4 Å². The van der Waals surface area contributed by atoms with Crippen molar-refractivity contribution in [3.05, 3.63) is 66.7 Å². The molecule has 2 aromatic heterocycles. The SMILES string of the molecule is CNc1nc(-c2cccnc2)nc2cc(-c3ccc(OC)c(F)c3)ccc12. The van der Waals surface area contributed by atoms with E-state index in [9.17, 15) is 4.39 Å². The van der Waals surface area contributed by atoms with E-state index in [1.807, 2.05) is 43.4 Å². The summed E-state index contributed by atoms with van der Waals surface area (Å²) in [4.78, 5) is 13.4. The first-order valence-corrected chi connectivity index (χ1v) is 8.43. The molecule has 0 aliphatic heterocycles. The van der Waals surface area contributed by atoms with Crippen LogP contribution in [0, 0.1) is 5.82 Å². The van der Waals surface area contributed by atoms with E-state index in [4.69, 9.17) is 4.74 Å². The summed E-state index contributed by atoms with van der Waals surface area (Å²) in [6.07, 6.45) is 3.43. The van der Waals surface area contributed by atoms with Crippen molar-refractivity contribution in [2.75, 3.05) is 19.5 Å². The Bertz CT molecular complexity index is 1120. The molecule has 134 valence electrons. The van der Waals surface area contributed by atoms with Crippen LogP contribution in [-0.2, 0) is 0 Å². The summed E-state index contributed by atoms with van der Waals surface area (Å²) in [5.41, 5.74) is 3.21. The fraction of sp³-hybridized carbons (Fsp3) is 0.0952. The largest absolute Gasteiger partial charge is 0.494 e. The molecule has 5 nitrogen and oxygen atoms in total. The maximum Gasteiger partial charge on any atom is 0.165 e. The van der Waals surface area contributed by atoms with Gasteiger partial charge in [-0.3, -0.25) is 4.98 Å². The molecule has 4 aromatic rings. The summed E-state index contributed by atoms with van der Waals surface area (Å²) in [6.45, 7) is 0. The van der Waals surface area contributed by atoms with Gasteiger partial charge in [0.05, 0.1) is 12.6 Å². The van der Waals surface area contributed by atoms with E-state index in [0.717, 1.165) is 33.4 Å². The summed E-state index contributed by atoms with van der Waals surface area (Å²) >= 11 is 0. The van der Waals surface area contributed by atoms with Crippen LogP contribution >= 0.6 is 0 Å². The molecular formula is C21H17FN4O. The molecule has 0 bridgehead atoms. The van der Waals surface area contributed by atoms with Gasteiger partial charge in [-0.05, 0) is 47.5 Å². The minimum atomic E-state index is -0.398. The lowest BCUT2D eigenvalue weighted by molar-refractivity contribution is 0.386. The van der Waals surface area contributed by atoms with Crippen LogP contribution in [0.3, 0.4) is 0 Å². The third-order valence-electron chi connectivity index (χ3n) is 4.34. The molecule has 0 amide bonds. The van der Waals surface area contributed by atoms with Crippen LogP contribution < -0.4 is 10.1 Å². The van der Waals surface area contributed by atoms with Gasteiger partial charge < -0.3 is 10.1 Å². The van der Waals surface area contributed by atoms with Crippen molar-refractivity contribution in [2.45, 2.75) is 0 Å². The zero-order chi connectivity index (χ0) is 18.8. The number of halogens is 1. The Hall–Kier alpha value is -3.54. The standard InChI is InChI=1S/C21H17FN4O/c1-23-21-16-7-5-14(13-6-8-19(27-2)17(22)10-13)11-18(16)25-20(26-21)15-4-3-9-24-12-15/h3-12H,1-2H3,(H,23,25,26). The van der Waals surface area contributed by atoms with Crippen LogP contribution in [0.15, 0.2) is 60.9 Å². The first kappa shape index (κ1) is 16.9. The first-order chi connectivity index (χ1) is 13.2. The van der Waals surface area contributed by atoms with Gasteiger partial charge in [0.1, 0.15) is 5.82 Å². The summed E-state index contributed by atoms with van der Waals surface area (Å²) in [5.74, 6) is 1.13. The van der Waals surface area contributed by atoms with Crippen LogP contribution in [0.2, 0.25) is 0 Å². The van der Waals surface area contributed by atoms with Crippen molar-refractivity contribution in [3.8, 4) is 28.3 Å². The second-order valence-corrected chi connectivity index (χ2v) is 5.97. The lowest BCUT2D eigenvalue weighted by Crippen LogP contribution is -1.99. The van der Waals surface area contributed by atoms with Gasteiger partial charge in [-0.2, -0.15) is 0 Å². The number of methoxy groups -OCH3 is 1. The van der Waals surface area contributed by atoms with Crippen molar-refractivity contribution in [1.82, 2.24) is 15.0 Å². The van der Waals surface area contributed by atoms with E-state index in [1.54, 1.807) is 18.5 Å². The predicted octanol–water partition coefficient (Wildman–Crippen LogP) is 4.55. The fourth-order valence-corrected chi connectivity index (χ4v) is 2.97. The monoisotopic (exact) mass is 360 g/mol. The molecule has 0 radical (unpaired) electrons. The van der Waals surface area contributed by atoms with Crippen molar-refractivity contribution in [1.29, 1.82) is 0 Å². The molecule has 27 heavy (non-hydrogen) atoms. The second-order valence-electron chi connectivity index (χ2n) is 5.97. The Morgan fingerprint density at radius 1 is 0.963 bits per heavy atom. The highest BCUT2D eigenvalue weighted by Gasteiger charge is 2.11. The average Bonchev–Trinajstić information content (AvgIpc) is 2.73. The molecule has 0 aliphatic rings. The van der Waals surface area contributed by atoms with Gasteiger partial charge in [0.2, 0.25) is 0 Å². The predicted molar refractivity (Wildman–Crippen MR) is 104 cm³/mol. The number of nitrogens with one attached hydrogen (secondary N) is 1. The van der Waals surface area contributed by atoms with Crippen LogP contribution in [-0.4, -0.2) is 29.1 Å². The topological polar surface area (TPSA) is 59.9 Å². The number of benzene rings is 2. The van der Waals surface area contributed by atoms with E-state index in [1.165, 1.54) is 13.2 Å². The molecule has 4 rings (SSSR count). The lowest BCUT2D eigenvalue weighted by atomic mass is 10.0. The van der Waals surface area contributed by atoms with Gasteiger partial charge in [-0.1, -0.05) is 12.1 Å². The highest BCUT2D eigenvalue weighted by Crippen LogP contribution is 2.30. The van der Waals surface area contributed by atoms with Crippen molar-refractivity contribution < 1.29 is 9.13 Å². The second kappa shape index (κ2) is 6.99. The Labute approximate surface area is 155 Å². The number of anilines is 1. The van der Waals surface area contributed by atoms with E-state index in [-0.39, 0.29) is 5.75 Å². The molecule has 1 N–H and O–H groups in total. The highest BCUT2D eigenvalue weighted by molar-refractivity contribution is 5.93.